The van der Waals surface area contributed by atoms with Crippen LogP contribution in [0.1, 0.15) is 41.5 Å². The first-order valence-corrected chi connectivity index (χ1v) is 8.33. The summed E-state index contributed by atoms with van der Waals surface area (Å²) in [7, 11) is 0. The minimum Gasteiger partial charge on any atom is -0.462 e. The molecule has 0 aromatic heterocycles. The molecule has 26 heavy (non-hydrogen) atoms. The number of benzene rings is 2. The molecule has 0 aliphatic heterocycles. The van der Waals surface area contributed by atoms with Gasteiger partial charge in [0.05, 0.1) is 24.3 Å². The highest BCUT2D eigenvalue weighted by Crippen LogP contribution is 2.27. The van der Waals surface area contributed by atoms with Gasteiger partial charge in [-0.1, -0.05) is 6.07 Å². The standard InChI is InChI=1S/C20H21NO5/c1-4-25-19(23)15-9-11-17(12-10-15)21(14(3)22)18-8-6-7-16(13-18)20(24)26-5-2/h6-13H,4-5H2,1-3H3. The van der Waals surface area contributed by atoms with E-state index >= 15 is 0 Å². The Morgan fingerprint density at radius 2 is 1.38 bits per heavy atom. The van der Waals surface area contributed by atoms with Crippen LogP contribution in [0.3, 0.4) is 0 Å². The molecular weight excluding hydrogens is 334 g/mol. The van der Waals surface area contributed by atoms with Crippen LogP contribution in [0.5, 0.6) is 0 Å². The molecule has 0 aliphatic carbocycles. The van der Waals surface area contributed by atoms with E-state index in [-0.39, 0.29) is 12.5 Å². The molecule has 2 rings (SSSR count). The van der Waals surface area contributed by atoms with Crippen molar-refractivity contribution in [2.75, 3.05) is 18.1 Å². The summed E-state index contributed by atoms with van der Waals surface area (Å²) < 4.78 is 9.95. The van der Waals surface area contributed by atoms with Crippen molar-refractivity contribution in [2.45, 2.75) is 20.8 Å². The topological polar surface area (TPSA) is 72.9 Å². The Morgan fingerprint density at radius 3 is 1.92 bits per heavy atom. The van der Waals surface area contributed by atoms with Gasteiger partial charge in [-0.2, -0.15) is 0 Å². The van der Waals surface area contributed by atoms with Crippen molar-refractivity contribution in [3.8, 4) is 0 Å². The van der Waals surface area contributed by atoms with E-state index in [9.17, 15) is 14.4 Å². The zero-order valence-electron chi connectivity index (χ0n) is 15.0. The van der Waals surface area contributed by atoms with Crippen molar-refractivity contribution in [2.24, 2.45) is 0 Å². The van der Waals surface area contributed by atoms with E-state index < -0.39 is 11.9 Å². The fourth-order valence-corrected chi connectivity index (χ4v) is 2.46. The van der Waals surface area contributed by atoms with Crippen LogP contribution >= 0.6 is 0 Å². The highest BCUT2D eigenvalue weighted by Gasteiger charge is 2.17. The van der Waals surface area contributed by atoms with Gasteiger partial charge in [0.25, 0.3) is 0 Å². The Hall–Kier alpha value is -3.15. The second-order valence-corrected chi connectivity index (χ2v) is 5.39. The van der Waals surface area contributed by atoms with E-state index in [1.807, 2.05) is 0 Å². The number of nitrogens with zero attached hydrogens (tertiary/aromatic N) is 1. The molecule has 2 aromatic rings. The predicted molar refractivity (Wildman–Crippen MR) is 97.6 cm³/mol. The minimum atomic E-state index is -0.449. The number of anilines is 2. The van der Waals surface area contributed by atoms with Crippen LogP contribution in [0.15, 0.2) is 48.5 Å². The SMILES string of the molecule is CCOC(=O)c1ccc(N(C(C)=O)c2cccc(C(=O)OCC)c2)cc1. The number of rotatable bonds is 6. The fourth-order valence-electron chi connectivity index (χ4n) is 2.46. The zero-order valence-corrected chi connectivity index (χ0v) is 15.0. The number of hydrogen-bond donors (Lipinski definition) is 0. The summed E-state index contributed by atoms with van der Waals surface area (Å²) in [5, 5.41) is 0. The third-order valence-corrected chi connectivity index (χ3v) is 3.57. The van der Waals surface area contributed by atoms with Crippen molar-refractivity contribution in [3.63, 3.8) is 0 Å². The van der Waals surface area contributed by atoms with E-state index in [1.165, 1.54) is 11.8 Å². The number of amides is 1. The molecular formula is C20H21NO5. The molecule has 0 heterocycles. The number of hydrogen-bond acceptors (Lipinski definition) is 5. The summed E-state index contributed by atoms with van der Waals surface area (Å²) in [5.41, 5.74) is 1.87. The third kappa shape index (κ3) is 4.47. The lowest BCUT2D eigenvalue weighted by Gasteiger charge is -2.22. The first kappa shape index (κ1) is 19.2. The second kappa shape index (κ2) is 8.80. The molecule has 6 nitrogen and oxygen atoms in total. The molecule has 0 saturated heterocycles. The van der Waals surface area contributed by atoms with Gasteiger partial charge >= 0.3 is 11.9 Å². The van der Waals surface area contributed by atoms with Crippen LogP contribution in [-0.2, 0) is 14.3 Å². The van der Waals surface area contributed by atoms with Gasteiger partial charge in [0.1, 0.15) is 0 Å². The predicted octanol–water partition coefficient (Wildman–Crippen LogP) is 3.72. The van der Waals surface area contributed by atoms with Gasteiger partial charge in [-0.05, 0) is 56.3 Å². The van der Waals surface area contributed by atoms with Crippen LogP contribution in [-0.4, -0.2) is 31.1 Å². The van der Waals surface area contributed by atoms with Crippen LogP contribution in [0.2, 0.25) is 0 Å². The molecule has 0 bridgehead atoms. The quantitative estimate of drug-likeness (QED) is 0.738. The van der Waals surface area contributed by atoms with E-state index in [0.29, 0.717) is 29.1 Å². The summed E-state index contributed by atoms with van der Waals surface area (Å²) >= 11 is 0. The van der Waals surface area contributed by atoms with Gasteiger partial charge in [0.2, 0.25) is 5.91 Å². The summed E-state index contributed by atoms with van der Waals surface area (Å²) in [4.78, 5) is 37.3. The number of ether oxygens (including phenoxy) is 2. The molecule has 0 unspecified atom stereocenters. The number of carbonyl (C=O) groups is 3. The van der Waals surface area contributed by atoms with E-state index in [2.05, 4.69) is 0 Å². The van der Waals surface area contributed by atoms with Gasteiger partial charge in [-0.3, -0.25) is 9.69 Å². The fraction of sp³-hybridized carbons (Fsp3) is 0.250. The van der Waals surface area contributed by atoms with Crippen LogP contribution < -0.4 is 4.90 Å². The van der Waals surface area contributed by atoms with Crippen LogP contribution in [0.25, 0.3) is 0 Å². The molecule has 0 fully saturated rings. The van der Waals surface area contributed by atoms with Crippen molar-refractivity contribution in [1.82, 2.24) is 0 Å². The molecule has 136 valence electrons. The van der Waals surface area contributed by atoms with Gasteiger partial charge in [0.15, 0.2) is 0 Å². The molecule has 1 amide bonds. The van der Waals surface area contributed by atoms with Gasteiger partial charge in [-0.15, -0.1) is 0 Å². The Bertz CT molecular complexity index is 798. The molecule has 0 spiro atoms. The maximum atomic E-state index is 12.2. The second-order valence-electron chi connectivity index (χ2n) is 5.39. The molecule has 0 radical (unpaired) electrons. The van der Waals surface area contributed by atoms with Crippen LogP contribution in [0, 0.1) is 0 Å². The van der Waals surface area contributed by atoms with Crippen molar-refractivity contribution in [3.05, 3.63) is 59.7 Å². The van der Waals surface area contributed by atoms with Gasteiger partial charge in [-0.25, -0.2) is 9.59 Å². The first-order valence-electron chi connectivity index (χ1n) is 8.33. The lowest BCUT2D eigenvalue weighted by Crippen LogP contribution is -2.23. The number of esters is 2. The smallest absolute Gasteiger partial charge is 0.338 e. The van der Waals surface area contributed by atoms with Crippen molar-refractivity contribution < 1.29 is 23.9 Å². The Morgan fingerprint density at radius 1 is 0.808 bits per heavy atom. The Kier molecular flexibility index (Phi) is 6.49. The first-order chi connectivity index (χ1) is 12.5. The molecule has 2 aromatic carbocycles. The largest absolute Gasteiger partial charge is 0.462 e. The maximum absolute atomic E-state index is 12.2. The highest BCUT2D eigenvalue weighted by molar-refractivity contribution is 6.01. The summed E-state index contributed by atoms with van der Waals surface area (Å²) in [5.74, 6) is -1.09. The third-order valence-electron chi connectivity index (χ3n) is 3.57. The van der Waals surface area contributed by atoms with Gasteiger partial charge in [0, 0.05) is 18.3 Å². The normalized spacial score (nSPS) is 10.1. The average molecular weight is 355 g/mol. The minimum absolute atomic E-state index is 0.227. The van der Waals surface area contributed by atoms with Crippen molar-refractivity contribution >= 4 is 29.2 Å². The van der Waals surface area contributed by atoms with E-state index in [1.54, 1.807) is 62.4 Å². The van der Waals surface area contributed by atoms with Gasteiger partial charge < -0.3 is 9.47 Å². The Labute approximate surface area is 152 Å². The summed E-state index contributed by atoms with van der Waals surface area (Å²) in [6, 6.07) is 13.1. The lowest BCUT2D eigenvalue weighted by molar-refractivity contribution is -0.115. The highest BCUT2D eigenvalue weighted by atomic mass is 16.5. The molecule has 0 saturated carbocycles. The maximum Gasteiger partial charge on any atom is 0.338 e. The van der Waals surface area contributed by atoms with E-state index in [0.717, 1.165) is 0 Å². The summed E-state index contributed by atoms with van der Waals surface area (Å²) in [6.45, 7) is 5.46. The summed E-state index contributed by atoms with van der Waals surface area (Å²) in [6.07, 6.45) is 0. The van der Waals surface area contributed by atoms with Crippen molar-refractivity contribution in [1.29, 1.82) is 0 Å². The molecule has 0 aliphatic rings. The molecule has 6 heteroatoms. The monoisotopic (exact) mass is 355 g/mol. The molecule has 0 atom stereocenters. The van der Waals surface area contributed by atoms with E-state index in [4.69, 9.17) is 9.47 Å². The number of carbonyl (C=O) groups excluding carboxylic acids is 3. The lowest BCUT2D eigenvalue weighted by atomic mass is 10.1. The molecule has 0 N–H and O–H groups in total. The zero-order chi connectivity index (χ0) is 19.1. The Balaban J connectivity index is 2.35. The van der Waals surface area contributed by atoms with Crippen LogP contribution in [0.4, 0.5) is 11.4 Å². The average Bonchev–Trinajstić information content (AvgIpc) is 2.63.